The monoisotopic (exact) mass is 249 g/mol. The zero-order valence-corrected chi connectivity index (χ0v) is 10.6. The normalized spacial score (nSPS) is 18.9. The molecule has 0 aromatic carbocycles. The summed E-state index contributed by atoms with van der Waals surface area (Å²) < 4.78 is 4.92. The van der Waals surface area contributed by atoms with E-state index in [0.717, 1.165) is 25.2 Å². The molecule has 0 radical (unpaired) electrons. The van der Waals surface area contributed by atoms with Gasteiger partial charge >= 0.3 is 0 Å². The molecule has 0 aliphatic carbocycles. The van der Waals surface area contributed by atoms with E-state index in [1.165, 1.54) is 0 Å². The Morgan fingerprint density at radius 1 is 1.67 bits per heavy atom. The molecule has 5 heteroatoms. The fraction of sp³-hybridized carbons (Fsp3) is 0.538. The molecule has 2 heterocycles. The Hall–Kier alpha value is -1.62. The fourth-order valence-corrected chi connectivity index (χ4v) is 2.14. The zero-order chi connectivity index (χ0) is 12.8. The van der Waals surface area contributed by atoms with Gasteiger partial charge in [0.15, 0.2) is 0 Å². The van der Waals surface area contributed by atoms with Crippen molar-refractivity contribution in [3.05, 3.63) is 24.5 Å². The number of anilines is 1. The molecule has 1 atom stereocenters. The van der Waals surface area contributed by atoms with Crippen LogP contribution in [0.15, 0.2) is 24.5 Å². The molecule has 18 heavy (non-hydrogen) atoms. The second kappa shape index (κ2) is 6.35. The number of hydrogen-bond donors (Lipinski definition) is 1. The van der Waals surface area contributed by atoms with Crippen LogP contribution in [-0.2, 0) is 9.53 Å². The van der Waals surface area contributed by atoms with Crippen LogP contribution in [0.2, 0.25) is 0 Å². The summed E-state index contributed by atoms with van der Waals surface area (Å²) in [4.78, 5) is 17.8. The molecule has 1 aliphatic rings. The van der Waals surface area contributed by atoms with Crippen molar-refractivity contribution < 1.29 is 9.53 Å². The van der Waals surface area contributed by atoms with E-state index < -0.39 is 0 Å². The number of hydrogen-bond acceptors (Lipinski definition) is 4. The average Bonchev–Trinajstić information content (AvgIpc) is 2.86. The molecule has 2 rings (SSSR count). The number of rotatable bonds is 5. The summed E-state index contributed by atoms with van der Waals surface area (Å²) in [5.74, 6) is 0.173. The van der Waals surface area contributed by atoms with Crippen LogP contribution in [0, 0.1) is 0 Å². The molecule has 1 aromatic rings. The highest BCUT2D eigenvalue weighted by Crippen LogP contribution is 2.15. The Balaban J connectivity index is 1.80. The minimum absolute atomic E-state index is 0.173. The lowest BCUT2D eigenvalue weighted by atomic mass is 10.2. The van der Waals surface area contributed by atoms with E-state index in [1.807, 2.05) is 17.0 Å². The Kier molecular flexibility index (Phi) is 4.52. The largest absolute Gasteiger partial charge is 0.384 e. The second-order valence-corrected chi connectivity index (χ2v) is 4.45. The van der Waals surface area contributed by atoms with Gasteiger partial charge in [-0.25, -0.2) is 0 Å². The van der Waals surface area contributed by atoms with Gasteiger partial charge in [0.05, 0.1) is 18.7 Å². The zero-order valence-electron chi connectivity index (χ0n) is 10.6. The highest BCUT2D eigenvalue weighted by Gasteiger charge is 2.25. The summed E-state index contributed by atoms with van der Waals surface area (Å²) in [7, 11) is 1.62. The molecular weight excluding hydrogens is 230 g/mol. The standard InChI is InChI=1S/C13H19N3O2/c1-18-8-5-13(17)16-7-4-12(10-16)15-11-3-2-6-14-9-11/h2-3,6,9,12,15H,4-5,7-8,10H2,1H3. The molecule has 1 aromatic heterocycles. The van der Waals surface area contributed by atoms with Crippen LogP contribution >= 0.6 is 0 Å². The molecule has 1 unspecified atom stereocenters. The van der Waals surface area contributed by atoms with Crippen molar-refractivity contribution in [1.82, 2.24) is 9.88 Å². The molecule has 0 spiro atoms. The first-order valence-electron chi connectivity index (χ1n) is 6.23. The third-order valence-corrected chi connectivity index (χ3v) is 3.09. The van der Waals surface area contributed by atoms with Gasteiger partial charge in [-0.05, 0) is 18.6 Å². The van der Waals surface area contributed by atoms with Crippen molar-refractivity contribution in [3.63, 3.8) is 0 Å². The Morgan fingerprint density at radius 2 is 2.56 bits per heavy atom. The Bertz CT molecular complexity index is 383. The first-order chi connectivity index (χ1) is 8.79. The summed E-state index contributed by atoms with van der Waals surface area (Å²) in [6, 6.07) is 4.21. The van der Waals surface area contributed by atoms with Gasteiger partial charge in [-0.15, -0.1) is 0 Å². The van der Waals surface area contributed by atoms with Crippen molar-refractivity contribution in [2.24, 2.45) is 0 Å². The van der Waals surface area contributed by atoms with E-state index in [0.29, 0.717) is 19.1 Å². The van der Waals surface area contributed by atoms with Gasteiger partial charge in [0.2, 0.25) is 5.91 Å². The quantitative estimate of drug-likeness (QED) is 0.850. The summed E-state index contributed by atoms with van der Waals surface area (Å²) in [6.07, 6.45) is 5.00. The topological polar surface area (TPSA) is 54.5 Å². The molecule has 0 saturated carbocycles. The number of likely N-dealkylation sites (tertiary alicyclic amines) is 1. The lowest BCUT2D eigenvalue weighted by Crippen LogP contribution is -2.32. The van der Waals surface area contributed by atoms with Crippen molar-refractivity contribution >= 4 is 11.6 Å². The first-order valence-corrected chi connectivity index (χ1v) is 6.23. The van der Waals surface area contributed by atoms with Gasteiger partial charge in [0.1, 0.15) is 0 Å². The lowest BCUT2D eigenvalue weighted by molar-refractivity contribution is -0.131. The van der Waals surface area contributed by atoms with Crippen LogP contribution in [0.1, 0.15) is 12.8 Å². The molecule has 0 bridgehead atoms. The van der Waals surface area contributed by atoms with Gasteiger partial charge in [-0.2, -0.15) is 0 Å². The highest BCUT2D eigenvalue weighted by molar-refractivity contribution is 5.76. The smallest absolute Gasteiger partial charge is 0.224 e. The van der Waals surface area contributed by atoms with Gasteiger partial charge in [0, 0.05) is 38.6 Å². The molecule has 1 saturated heterocycles. The SMILES string of the molecule is COCCC(=O)N1CCC(Nc2cccnc2)C1. The van der Waals surface area contributed by atoms with Crippen LogP contribution in [0.4, 0.5) is 5.69 Å². The average molecular weight is 249 g/mol. The summed E-state index contributed by atoms with van der Waals surface area (Å²) in [5.41, 5.74) is 1.01. The fourth-order valence-electron chi connectivity index (χ4n) is 2.14. The van der Waals surface area contributed by atoms with Crippen LogP contribution in [0.25, 0.3) is 0 Å². The molecular formula is C13H19N3O2. The van der Waals surface area contributed by atoms with E-state index >= 15 is 0 Å². The molecule has 98 valence electrons. The van der Waals surface area contributed by atoms with Crippen molar-refractivity contribution in [2.75, 3.05) is 32.1 Å². The number of amides is 1. The number of ether oxygens (including phenoxy) is 1. The maximum Gasteiger partial charge on any atom is 0.224 e. The van der Waals surface area contributed by atoms with E-state index in [4.69, 9.17) is 4.74 Å². The van der Waals surface area contributed by atoms with E-state index in [2.05, 4.69) is 10.3 Å². The van der Waals surface area contributed by atoms with Crippen molar-refractivity contribution in [1.29, 1.82) is 0 Å². The summed E-state index contributed by atoms with van der Waals surface area (Å²) >= 11 is 0. The number of methoxy groups -OCH3 is 1. The van der Waals surface area contributed by atoms with Crippen LogP contribution in [0.5, 0.6) is 0 Å². The van der Waals surface area contributed by atoms with Gasteiger partial charge in [0.25, 0.3) is 0 Å². The maximum atomic E-state index is 11.8. The number of carbonyl (C=O) groups excluding carboxylic acids is 1. The lowest BCUT2D eigenvalue weighted by Gasteiger charge is -2.17. The van der Waals surface area contributed by atoms with Gasteiger partial charge in [-0.3, -0.25) is 9.78 Å². The minimum atomic E-state index is 0.173. The second-order valence-electron chi connectivity index (χ2n) is 4.45. The Labute approximate surface area is 107 Å². The first kappa shape index (κ1) is 12.8. The van der Waals surface area contributed by atoms with Crippen LogP contribution in [0.3, 0.4) is 0 Å². The number of aromatic nitrogens is 1. The van der Waals surface area contributed by atoms with Gasteiger partial charge < -0.3 is 15.0 Å². The minimum Gasteiger partial charge on any atom is -0.384 e. The van der Waals surface area contributed by atoms with Crippen molar-refractivity contribution in [3.8, 4) is 0 Å². The molecule has 5 nitrogen and oxygen atoms in total. The van der Waals surface area contributed by atoms with E-state index in [1.54, 1.807) is 19.5 Å². The van der Waals surface area contributed by atoms with Gasteiger partial charge in [-0.1, -0.05) is 0 Å². The predicted molar refractivity (Wildman–Crippen MR) is 69.3 cm³/mol. The van der Waals surface area contributed by atoms with Crippen LogP contribution in [-0.4, -0.2) is 48.6 Å². The summed E-state index contributed by atoms with van der Waals surface area (Å²) in [5, 5.41) is 3.39. The molecule has 1 fully saturated rings. The molecule has 1 aliphatic heterocycles. The van der Waals surface area contributed by atoms with E-state index in [9.17, 15) is 4.79 Å². The number of pyridine rings is 1. The van der Waals surface area contributed by atoms with Crippen LogP contribution < -0.4 is 5.32 Å². The number of nitrogens with one attached hydrogen (secondary N) is 1. The summed E-state index contributed by atoms with van der Waals surface area (Å²) in [6.45, 7) is 2.08. The van der Waals surface area contributed by atoms with E-state index in [-0.39, 0.29) is 5.91 Å². The number of carbonyl (C=O) groups is 1. The maximum absolute atomic E-state index is 11.8. The predicted octanol–water partition coefficient (Wildman–Crippen LogP) is 1.13. The third-order valence-electron chi connectivity index (χ3n) is 3.09. The third kappa shape index (κ3) is 3.43. The Morgan fingerprint density at radius 3 is 3.28 bits per heavy atom. The molecule has 1 N–H and O–H groups in total. The van der Waals surface area contributed by atoms with Crippen molar-refractivity contribution in [2.45, 2.75) is 18.9 Å². The molecule has 1 amide bonds. The number of nitrogens with zero attached hydrogens (tertiary/aromatic N) is 2. The highest BCUT2D eigenvalue weighted by atomic mass is 16.5.